The average Bonchev–Trinajstić information content (AvgIpc) is 0.911. The summed E-state index contributed by atoms with van der Waals surface area (Å²) in [6, 6.07) is -1.93. The molecule has 0 saturated heterocycles. The molecule has 0 rings (SSSR count). The van der Waals surface area contributed by atoms with Gasteiger partial charge < -0.3 is 55.1 Å². The lowest BCUT2D eigenvalue weighted by Gasteiger charge is -2.23. The molecule has 24 nitrogen and oxygen atoms in total. The Labute approximate surface area is 653 Å². The lowest BCUT2D eigenvalue weighted by molar-refractivity contribution is -0.152. The van der Waals surface area contributed by atoms with Crippen molar-refractivity contribution in [2.45, 2.75) is 393 Å². The van der Waals surface area contributed by atoms with Gasteiger partial charge in [0.05, 0.1) is 77.3 Å². The van der Waals surface area contributed by atoms with Crippen molar-refractivity contribution < 1.29 is 94.6 Å². The highest BCUT2D eigenvalue weighted by Crippen LogP contribution is 2.44. The smallest absolute Gasteiger partial charge is 0.462 e. The number of nitrogens with one attached hydrogen (secondary N) is 4. The van der Waals surface area contributed by atoms with Crippen LogP contribution < -0.4 is 21.3 Å². The second-order valence-corrected chi connectivity index (χ2v) is 32.0. The molecule has 7 N–H and O–H groups in total. The predicted octanol–water partition coefficient (Wildman–Crippen LogP) is 18.0. The number of aliphatic hydroxyl groups is 1. The third-order valence-electron chi connectivity index (χ3n) is 18.5. The number of hydrogen-bond donors (Lipinski definition) is 7. The van der Waals surface area contributed by atoms with Crippen LogP contribution in [0.1, 0.15) is 363 Å². The zero-order valence-electron chi connectivity index (χ0n) is 68.3. The number of rotatable bonds is 81. The first-order chi connectivity index (χ1) is 52.2. The lowest BCUT2D eigenvalue weighted by Crippen LogP contribution is -2.43. The van der Waals surface area contributed by atoms with Gasteiger partial charge in [-0.15, -0.1) is 0 Å². The van der Waals surface area contributed by atoms with Gasteiger partial charge in [-0.25, -0.2) is 9.13 Å². The molecule has 0 saturated carbocycles. The number of phosphoric acid groups is 2. The minimum atomic E-state index is -4.79. The molecule has 26 heteroatoms. The molecule has 0 radical (unpaired) electrons. The fraction of sp³-hybridized carbons (Fsp3) is 0.866. The summed E-state index contributed by atoms with van der Waals surface area (Å²) in [5, 5.41) is 21.1. The monoisotopic (exact) mass is 1580 g/mol. The summed E-state index contributed by atoms with van der Waals surface area (Å²) in [4.78, 5) is 113. The van der Waals surface area contributed by atoms with E-state index >= 15 is 0 Å². The third-order valence-corrected chi connectivity index (χ3v) is 20.4. The largest absolute Gasteiger partial charge is 0.472 e. The van der Waals surface area contributed by atoms with Crippen LogP contribution in [0, 0.1) is 0 Å². The average molecular weight is 1580 g/mol. The molecule has 0 aromatic heterocycles. The Morgan fingerprint density at radius 1 is 0.352 bits per heavy atom. The number of esters is 2. The summed E-state index contributed by atoms with van der Waals surface area (Å²) < 4.78 is 70.8. The van der Waals surface area contributed by atoms with Crippen molar-refractivity contribution >= 4 is 57.0 Å². The number of carbonyl (C=O) groups is 7. The van der Waals surface area contributed by atoms with Gasteiger partial charge in [0.25, 0.3) is 0 Å². The molecule has 0 aliphatic rings. The van der Waals surface area contributed by atoms with Crippen LogP contribution in [0.25, 0.3) is 0 Å². The summed E-state index contributed by atoms with van der Waals surface area (Å²) in [5.74, 6) is -3.14. The SMILES string of the molecule is CCCCCC/C=C\CCCC(=O)O[C@H](CCCCCCC)CCOCC(COP(=O)(O)OCCNC(=O)CCC(=O)NCCOP(=O)(O)OCC(COCC[C@H](O)CCCCCCC)NC(=O)C[C@@H](CCCCCCC)OC(=O)CCC/C=C\CCCCCC)NC(=O)CC(=O)CCCCCCCCCCC. The van der Waals surface area contributed by atoms with E-state index in [0.717, 1.165) is 154 Å². The summed E-state index contributed by atoms with van der Waals surface area (Å²) in [7, 11) is -9.57. The molecule has 0 aliphatic carbocycles. The van der Waals surface area contributed by atoms with Gasteiger partial charge in [-0.1, -0.05) is 239 Å². The van der Waals surface area contributed by atoms with Crippen molar-refractivity contribution in [3.63, 3.8) is 0 Å². The summed E-state index contributed by atoms with van der Waals surface area (Å²) in [6.45, 7) is 10.5. The maximum Gasteiger partial charge on any atom is 0.472 e. The van der Waals surface area contributed by atoms with Crippen molar-refractivity contribution in [3.8, 4) is 0 Å². The number of ketones is 1. The molecule has 0 fully saturated rings. The van der Waals surface area contributed by atoms with Gasteiger partial charge in [-0.2, -0.15) is 0 Å². The number of allylic oxidation sites excluding steroid dienone is 4. The van der Waals surface area contributed by atoms with Crippen LogP contribution >= 0.6 is 15.6 Å². The second kappa shape index (κ2) is 74.5. The Bertz CT molecular complexity index is 2390. The number of aliphatic hydroxyl groups excluding tert-OH is 1. The molecule has 0 aromatic carbocycles. The fourth-order valence-corrected chi connectivity index (χ4v) is 13.5. The Hall–Kier alpha value is -3.93. The predicted molar refractivity (Wildman–Crippen MR) is 429 cm³/mol. The number of ether oxygens (including phenoxy) is 4. The van der Waals surface area contributed by atoms with Crippen molar-refractivity contribution in [3.05, 3.63) is 24.3 Å². The van der Waals surface area contributed by atoms with Gasteiger partial charge in [0.2, 0.25) is 23.6 Å². The van der Waals surface area contributed by atoms with Gasteiger partial charge >= 0.3 is 27.6 Å². The molecule has 632 valence electrons. The molecular weight excluding hydrogens is 1420 g/mol. The van der Waals surface area contributed by atoms with Crippen molar-refractivity contribution in [1.82, 2.24) is 21.3 Å². The molecule has 7 atom stereocenters. The number of amides is 4. The first kappa shape index (κ1) is 104. The molecule has 4 unspecified atom stereocenters. The normalized spacial score (nSPS) is 14.2. The standard InChI is InChI=1S/C82H154N4O20P2/c1-7-13-19-25-28-31-34-40-44-50-74(88)65-79(91)85-71(68-100-62-58-75(51-45-38-23-17-11-5)105-81(93)53-47-41-35-32-29-26-20-14-8-2)69-103-107(95,96)101-63-59-83-77(89)55-56-78(90)84-60-64-102-108(97,98)104-70-72(67-99-61-57-73(87)49-43-37-22-16-10-4)86-80(92)66-76(52-46-39-24-18-12-6)106-82(94)54-48-42-36-33-30-27-21-15-9-3/h32-33,35-36,71-73,75-76,87H,7-31,34,37-70H2,1-6H3,(H,83,89)(H,84,90)(H,85,91)(H,86,92)(H,95,96)(H,97,98)/b35-32-,36-33-/t71?,72?,73-,75-,76-/m1/s1. The van der Waals surface area contributed by atoms with Gasteiger partial charge in [-0.3, -0.25) is 51.7 Å². The van der Waals surface area contributed by atoms with E-state index in [1.165, 1.54) is 70.6 Å². The number of phosphoric ester groups is 2. The van der Waals surface area contributed by atoms with E-state index in [9.17, 15) is 57.6 Å². The Morgan fingerprint density at radius 3 is 1.16 bits per heavy atom. The van der Waals surface area contributed by atoms with E-state index in [0.29, 0.717) is 57.8 Å². The van der Waals surface area contributed by atoms with E-state index in [4.69, 9.17) is 37.0 Å². The molecule has 108 heavy (non-hydrogen) atoms. The maximum atomic E-state index is 13.7. The summed E-state index contributed by atoms with van der Waals surface area (Å²) in [5.41, 5.74) is 0. The van der Waals surface area contributed by atoms with Crippen LogP contribution in [-0.2, 0) is 79.7 Å². The maximum absolute atomic E-state index is 13.7. The Kier molecular flexibility index (Phi) is 71.8. The van der Waals surface area contributed by atoms with E-state index in [2.05, 4.69) is 87.1 Å². The van der Waals surface area contributed by atoms with Crippen molar-refractivity contribution in [1.29, 1.82) is 0 Å². The molecule has 0 aliphatic heterocycles. The fourth-order valence-electron chi connectivity index (χ4n) is 12.0. The van der Waals surface area contributed by atoms with Gasteiger partial charge in [-0.05, 0) is 96.3 Å². The quantitative estimate of drug-likeness (QED) is 0.00978. The Morgan fingerprint density at radius 2 is 0.713 bits per heavy atom. The molecule has 0 spiro atoms. The first-order valence-electron chi connectivity index (χ1n) is 42.6. The number of unbranched alkanes of at least 4 members (excludes halogenated alkanes) is 30. The highest BCUT2D eigenvalue weighted by Gasteiger charge is 2.28. The summed E-state index contributed by atoms with van der Waals surface area (Å²) in [6.07, 6.45) is 48.5. The van der Waals surface area contributed by atoms with Crippen LogP contribution in [0.5, 0.6) is 0 Å². The molecule has 0 heterocycles. The van der Waals surface area contributed by atoms with Crippen molar-refractivity contribution in [2.75, 3.05) is 65.9 Å². The zero-order chi connectivity index (χ0) is 79.7. The number of Topliss-reactive ketones (excluding diaryl/α,β-unsaturated/α-hetero) is 1. The molecule has 0 bridgehead atoms. The van der Waals surface area contributed by atoms with Crippen LogP contribution in [0.4, 0.5) is 0 Å². The van der Waals surface area contributed by atoms with Crippen LogP contribution in [-0.4, -0.2) is 153 Å². The van der Waals surface area contributed by atoms with Crippen LogP contribution in [0.15, 0.2) is 24.3 Å². The Balaban J connectivity index is 5.57. The van der Waals surface area contributed by atoms with Gasteiger partial charge in [0, 0.05) is 58.2 Å². The first-order valence-corrected chi connectivity index (χ1v) is 45.6. The highest BCUT2D eigenvalue weighted by molar-refractivity contribution is 7.47. The lowest BCUT2D eigenvalue weighted by atomic mass is 10.0. The highest BCUT2D eigenvalue weighted by atomic mass is 31.2. The zero-order valence-corrected chi connectivity index (χ0v) is 70.1. The van der Waals surface area contributed by atoms with E-state index < -0.39 is 96.1 Å². The van der Waals surface area contributed by atoms with E-state index in [1.807, 2.05) is 0 Å². The molecule has 0 aromatic rings. The second-order valence-electron chi connectivity index (χ2n) is 29.1. The van der Waals surface area contributed by atoms with Crippen LogP contribution in [0.2, 0.25) is 0 Å². The minimum absolute atomic E-state index is 0.136. The number of carbonyl (C=O) groups excluding carboxylic acids is 7. The van der Waals surface area contributed by atoms with Crippen LogP contribution in [0.3, 0.4) is 0 Å². The van der Waals surface area contributed by atoms with E-state index in [-0.39, 0.29) is 95.8 Å². The molecular formula is C82H154N4O20P2. The van der Waals surface area contributed by atoms with Crippen molar-refractivity contribution in [2.24, 2.45) is 0 Å². The van der Waals surface area contributed by atoms with Gasteiger partial charge in [0.1, 0.15) is 18.0 Å². The van der Waals surface area contributed by atoms with Gasteiger partial charge in [0.15, 0.2) is 0 Å². The van der Waals surface area contributed by atoms with E-state index in [1.54, 1.807) is 0 Å². The summed E-state index contributed by atoms with van der Waals surface area (Å²) >= 11 is 0. The number of hydrogen-bond acceptors (Lipinski definition) is 18. The minimum Gasteiger partial charge on any atom is -0.462 e. The molecule has 4 amide bonds. The topological polar surface area (TPSA) is 336 Å². The third kappa shape index (κ3) is 71.1.